The number of thiophene rings is 1. The predicted octanol–water partition coefficient (Wildman–Crippen LogP) is 5.00. The number of benzene rings is 1. The van der Waals surface area contributed by atoms with Gasteiger partial charge in [0.2, 0.25) is 0 Å². The molecule has 0 amide bonds. The second-order valence-corrected chi connectivity index (χ2v) is 6.05. The number of ketones is 1. The van der Waals surface area contributed by atoms with E-state index < -0.39 is 0 Å². The van der Waals surface area contributed by atoms with Crippen LogP contribution in [0.15, 0.2) is 41.8 Å². The van der Waals surface area contributed by atoms with Gasteiger partial charge in [0.1, 0.15) is 0 Å². The molecule has 0 atom stereocenters. The van der Waals surface area contributed by atoms with E-state index in [4.69, 9.17) is 0 Å². The SMILES string of the molecule is CCC(CC)(C(=O)c1csc(C)c1)c1ccccc1. The van der Waals surface area contributed by atoms with E-state index in [0.717, 1.165) is 24.0 Å². The van der Waals surface area contributed by atoms with Crippen LogP contribution in [-0.4, -0.2) is 5.78 Å². The van der Waals surface area contributed by atoms with Crippen LogP contribution < -0.4 is 0 Å². The molecule has 0 spiro atoms. The molecule has 0 fully saturated rings. The molecule has 0 saturated heterocycles. The van der Waals surface area contributed by atoms with Crippen molar-refractivity contribution in [2.45, 2.75) is 39.0 Å². The van der Waals surface area contributed by atoms with E-state index in [9.17, 15) is 4.79 Å². The average Bonchev–Trinajstić information content (AvgIpc) is 2.88. The maximum absolute atomic E-state index is 12.9. The van der Waals surface area contributed by atoms with Gasteiger partial charge in [0, 0.05) is 15.8 Å². The number of carbonyl (C=O) groups excluding carboxylic acids is 1. The third kappa shape index (κ3) is 2.50. The highest BCUT2D eigenvalue weighted by Gasteiger charge is 2.37. The molecule has 0 aliphatic rings. The van der Waals surface area contributed by atoms with Crippen molar-refractivity contribution in [2.24, 2.45) is 0 Å². The van der Waals surface area contributed by atoms with Crippen LogP contribution in [0.25, 0.3) is 0 Å². The molecular weight excluding hydrogens is 252 g/mol. The van der Waals surface area contributed by atoms with Gasteiger partial charge in [-0.1, -0.05) is 44.2 Å². The van der Waals surface area contributed by atoms with E-state index in [1.54, 1.807) is 11.3 Å². The summed E-state index contributed by atoms with van der Waals surface area (Å²) in [5.74, 6) is 0.257. The van der Waals surface area contributed by atoms with Gasteiger partial charge in [-0.25, -0.2) is 0 Å². The molecule has 0 aliphatic carbocycles. The minimum atomic E-state index is -0.380. The highest BCUT2D eigenvalue weighted by Crippen LogP contribution is 2.36. The number of carbonyl (C=O) groups is 1. The first-order valence-electron chi connectivity index (χ1n) is 6.79. The summed E-state index contributed by atoms with van der Waals surface area (Å²) >= 11 is 1.64. The van der Waals surface area contributed by atoms with Gasteiger partial charge >= 0.3 is 0 Å². The van der Waals surface area contributed by atoms with Crippen LogP contribution in [0.3, 0.4) is 0 Å². The van der Waals surface area contributed by atoms with E-state index in [2.05, 4.69) is 26.0 Å². The molecule has 2 heteroatoms. The molecule has 0 saturated carbocycles. The Morgan fingerprint density at radius 1 is 1.16 bits per heavy atom. The van der Waals surface area contributed by atoms with Gasteiger partial charge in [0.15, 0.2) is 5.78 Å². The summed E-state index contributed by atoms with van der Waals surface area (Å²) in [5.41, 5.74) is 1.61. The minimum absolute atomic E-state index is 0.257. The Morgan fingerprint density at radius 2 is 1.79 bits per heavy atom. The third-order valence-corrected chi connectivity index (χ3v) is 4.82. The van der Waals surface area contributed by atoms with Crippen LogP contribution in [0.1, 0.15) is 47.5 Å². The molecule has 0 unspecified atom stereocenters. The van der Waals surface area contributed by atoms with Gasteiger partial charge < -0.3 is 0 Å². The van der Waals surface area contributed by atoms with E-state index >= 15 is 0 Å². The fourth-order valence-corrected chi connectivity index (χ4v) is 3.39. The minimum Gasteiger partial charge on any atom is -0.293 e. The lowest BCUT2D eigenvalue weighted by Gasteiger charge is -2.30. The first kappa shape index (κ1) is 14.0. The zero-order valence-electron chi connectivity index (χ0n) is 11.8. The van der Waals surface area contributed by atoms with Crippen LogP contribution in [0.5, 0.6) is 0 Å². The topological polar surface area (TPSA) is 17.1 Å². The zero-order valence-corrected chi connectivity index (χ0v) is 12.6. The van der Waals surface area contributed by atoms with Crippen molar-refractivity contribution in [3.8, 4) is 0 Å². The highest BCUT2D eigenvalue weighted by atomic mass is 32.1. The standard InChI is InChI=1S/C17H20OS/c1-4-17(5-2,15-9-7-6-8-10-15)16(18)14-11-13(3)19-12-14/h6-12H,4-5H2,1-3H3. The Labute approximate surface area is 119 Å². The smallest absolute Gasteiger partial charge is 0.174 e. The molecule has 0 bridgehead atoms. The summed E-state index contributed by atoms with van der Waals surface area (Å²) in [5, 5.41) is 1.99. The van der Waals surface area contributed by atoms with Gasteiger partial charge in [0.05, 0.1) is 5.41 Å². The first-order chi connectivity index (χ1) is 9.14. The van der Waals surface area contributed by atoms with E-state index in [1.807, 2.05) is 36.6 Å². The summed E-state index contributed by atoms with van der Waals surface area (Å²) in [6, 6.07) is 12.2. The van der Waals surface area contributed by atoms with Crippen molar-refractivity contribution in [1.29, 1.82) is 0 Å². The molecule has 2 rings (SSSR count). The van der Waals surface area contributed by atoms with Crippen molar-refractivity contribution in [3.63, 3.8) is 0 Å². The molecule has 1 heterocycles. The molecule has 2 aromatic rings. The molecule has 0 N–H and O–H groups in total. The normalized spacial score (nSPS) is 11.5. The van der Waals surface area contributed by atoms with Gasteiger partial charge in [-0.15, -0.1) is 11.3 Å². The number of rotatable bonds is 5. The largest absolute Gasteiger partial charge is 0.293 e. The van der Waals surface area contributed by atoms with Crippen LogP contribution in [-0.2, 0) is 5.41 Å². The van der Waals surface area contributed by atoms with E-state index in [0.29, 0.717) is 0 Å². The van der Waals surface area contributed by atoms with Crippen LogP contribution in [0.2, 0.25) is 0 Å². The Balaban J connectivity index is 2.48. The number of hydrogen-bond acceptors (Lipinski definition) is 2. The monoisotopic (exact) mass is 272 g/mol. The lowest BCUT2D eigenvalue weighted by atomic mass is 9.71. The van der Waals surface area contributed by atoms with Crippen molar-refractivity contribution in [3.05, 3.63) is 57.8 Å². The zero-order chi connectivity index (χ0) is 13.9. The predicted molar refractivity (Wildman–Crippen MR) is 82.1 cm³/mol. The number of hydrogen-bond donors (Lipinski definition) is 0. The lowest BCUT2D eigenvalue weighted by Crippen LogP contribution is -2.34. The van der Waals surface area contributed by atoms with E-state index in [-0.39, 0.29) is 11.2 Å². The van der Waals surface area contributed by atoms with Gasteiger partial charge in [0.25, 0.3) is 0 Å². The molecule has 1 aromatic heterocycles. The lowest BCUT2D eigenvalue weighted by molar-refractivity contribution is 0.0873. The molecule has 100 valence electrons. The Kier molecular flexibility index (Phi) is 4.20. The van der Waals surface area contributed by atoms with Gasteiger partial charge in [-0.2, -0.15) is 0 Å². The van der Waals surface area contributed by atoms with E-state index in [1.165, 1.54) is 4.88 Å². The summed E-state index contributed by atoms with van der Waals surface area (Å²) < 4.78 is 0. The van der Waals surface area contributed by atoms with Gasteiger partial charge in [-0.3, -0.25) is 4.79 Å². The summed E-state index contributed by atoms with van der Waals surface area (Å²) in [4.78, 5) is 14.1. The summed E-state index contributed by atoms with van der Waals surface area (Å²) in [6.07, 6.45) is 1.67. The van der Waals surface area contributed by atoms with Crippen LogP contribution in [0, 0.1) is 6.92 Å². The molecule has 19 heavy (non-hydrogen) atoms. The molecule has 0 radical (unpaired) electrons. The second kappa shape index (κ2) is 5.70. The summed E-state index contributed by atoms with van der Waals surface area (Å²) in [7, 11) is 0. The quantitative estimate of drug-likeness (QED) is 0.700. The molecule has 0 aliphatic heterocycles. The Bertz CT molecular complexity index is 550. The first-order valence-corrected chi connectivity index (χ1v) is 7.67. The van der Waals surface area contributed by atoms with Crippen molar-refractivity contribution in [1.82, 2.24) is 0 Å². The fourth-order valence-electron chi connectivity index (χ4n) is 2.71. The Morgan fingerprint density at radius 3 is 2.26 bits per heavy atom. The maximum atomic E-state index is 12.9. The Hall–Kier alpha value is -1.41. The van der Waals surface area contributed by atoms with Crippen molar-refractivity contribution in [2.75, 3.05) is 0 Å². The average molecular weight is 272 g/mol. The van der Waals surface area contributed by atoms with Crippen molar-refractivity contribution >= 4 is 17.1 Å². The molecular formula is C17H20OS. The highest BCUT2D eigenvalue weighted by molar-refractivity contribution is 7.10. The third-order valence-electron chi connectivity index (χ3n) is 3.96. The number of Topliss-reactive ketones (excluding diaryl/α,β-unsaturated/α-hetero) is 1. The van der Waals surface area contributed by atoms with Crippen LogP contribution >= 0.6 is 11.3 Å². The maximum Gasteiger partial charge on any atom is 0.174 e. The number of aryl methyl sites for hydroxylation is 1. The second-order valence-electron chi connectivity index (χ2n) is 4.93. The van der Waals surface area contributed by atoms with Crippen LogP contribution in [0.4, 0.5) is 0 Å². The fraction of sp³-hybridized carbons (Fsp3) is 0.353. The summed E-state index contributed by atoms with van der Waals surface area (Å²) in [6.45, 7) is 6.25. The molecule has 1 aromatic carbocycles. The van der Waals surface area contributed by atoms with Crippen molar-refractivity contribution < 1.29 is 4.79 Å². The van der Waals surface area contributed by atoms with Gasteiger partial charge in [-0.05, 0) is 31.4 Å². The molecule has 1 nitrogen and oxygen atoms in total.